The molecule has 0 saturated carbocycles. The largest absolute Gasteiger partial charge is 0.361 e. The minimum atomic E-state index is -0.276. The number of nitrogens with one attached hydrogen (secondary N) is 3. The van der Waals surface area contributed by atoms with Gasteiger partial charge in [-0.1, -0.05) is 30.3 Å². The van der Waals surface area contributed by atoms with Gasteiger partial charge in [-0.2, -0.15) is 0 Å². The van der Waals surface area contributed by atoms with E-state index in [1.54, 1.807) is 18.3 Å². The van der Waals surface area contributed by atoms with Gasteiger partial charge in [-0.05, 0) is 42.8 Å². The summed E-state index contributed by atoms with van der Waals surface area (Å²) in [6.45, 7) is 0.740. The summed E-state index contributed by atoms with van der Waals surface area (Å²) in [5.41, 5.74) is 6.97. The zero-order chi connectivity index (χ0) is 15.6. The number of hydrazine groups is 1. The van der Waals surface area contributed by atoms with E-state index in [9.17, 15) is 4.79 Å². The number of rotatable bonds is 5. The van der Waals surface area contributed by atoms with Crippen molar-refractivity contribution in [2.45, 2.75) is 12.8 Å². The van der Waals surface area contributed by atoms with Gasteiger partial charge in [0.25, 0.3) is 5.91 Å². The van der Waals surface area contributed by atoms with E-state index in [-0.39, 0.29) is 5.91 Å². The molecule has 1 aromatic carbocycles. The highest BCUT2D eigenvalue weighted by atomic mass is 32.1. The lowest BCUT2D eigenvalue weighted by Gasteiger charge is -2.11. The van der Waals surface area contributed by atoms with Crippen molar-refractivity contribution < 1.29 is 4.79 Å². The van der Waals surface area contributed by atoms with Gasteiger partial charge in [-0.25, -0.2) is 0 Å². The number of amides is 1. The normalized spacial score (nSPS) is 9.82. The average molecular weight is 314 g/mol. The van der Waals surface area contributed by atoms with Crippen LogP contribution in [0, 0.1) is 0 Å². The number of pyridine rings is 1. The molecule has 0 aliphatic carbocycles. The summed E-state index contributed by atoms with van der Waals surface area (Å²) in [6.07, 6.45) is 5.05. The Morgan fingerprint density at radius 2 is 1.91 bits per heavy atom. The Hall–Kier alpha value is -2.47. The fourth-order valence-electron chi connectivity index (χ4n) is 1.87. The van der Waals surface area contributed by atoms with Crippen LogP contribution in [0.4, 0.5) is 0 Å². The standard InChI is InChI=1S/C16H18N4OS/c21-15(14-9-5-10-17-12-14)19-20-16(22)18-11-4-8-13-6-2-1-3-7-13/h1-3,5-7,9-10,12H,4,8,11H2,(H,19,21)(H2,18,20,22). The van der Waals surface area contributed by atoms with Gasteiger partial charge in [0.2, 0.25) is 0 Å². The molecule has 5 nitrogen and oxygen atoms in total. The molecule has 0 aliphatic heterocycles. The summed E-state index contributed by atoms with van der Waals surface area (Å²) < 4.78 is 0. The highest BCUT2D eigenvalue weighted by molar-refractivity contribution is 7.80. The van der Waals surface area contributed by atoms with Gasteiger partial charge in [0.1, 0.15) is 0 Å². The van der Waals surface area contributed by atoms with Crippen LogP contribution in [0.1, 0.15) is 22.3 Å². The molecule has 0 fully saturated rings. The third-order valence-electron chi connectivity index (χ3n) is 2.98. The smallest absolute Gasteiger partial charge is 0.271 e. The minimum Gasteiger partial charge on any atom is -0.361 e. The van der Waals surface area contributed by atoms with Crippen LogP contribution in [0.2, 0.25) is 0 Å². The van der Waals surface area contributed by atoms with Gasteiger partial charge in [-0.3, -0.25) is 20.6 Å². The van der Waals surface area contributed by atoms with Crippen LogP contribution in [-0.2, 0) is 6.42 Å². The number of carbonyl (C=O) groups excluding carboxylic acids is 1. The van der Waals surface area contributed by atoms with E-state index in [0.717, 1.165) is 19.4 Å². The summed E-state index contributed by atoms with van der Waals surface area (Å²) >= 11 is 5.10. The van der Waals surface area contributed by atoms with Crippen LogP contribution in [-0.4, -0.2) is 22.5 Å². The van der Waals surface area contributed by atoms with Crippen molar-refractivity contribution in [2.75, 3.05) is 6.54 Å². The molecule has 2 rings (SSSR count). The van der Waals surface area contributed by atoms with Crippen LogP contribution in [0.3, 0.4) is 0 Å². The van der Waals surface area contributed by atoms with Crippen LogP contribution in [0.25, 0.3) is 0 Å². The first-order valence-corrected chi connectivity index (χ1v) is 7.44. The van der Waals surface area contributed by atoms with Crippen molar-refractivity contribution in [1.82, 2.24) is 21.2 Å². The third kappa shape index (κ3) is 5.49. The number of thiocarbonyl (C=S) groups is 1. The SMILES string of the molecule is O=C(NNC(=S)NCCCc1ccccc1)c1cccnc1. The summed E-state index contributed by atoms with van der Waals surface area (Å²) in [6, 6.07) is 13.7. The Bertz CT molecular complexity index is 604. The van der Waals surface area contributed by atoms with Crippen LogP contribution in [0.15, 0.2) is 54.9 Å². The first kappa shape index (κ1) is 15.9. The lowest BCUT2D eigenvalue weighted by Crippen LogP contribution is -2.47. The topological polar surface area (TPSA) is 66.1 Å². The van der Waals surface area contributed by atoms with E-state index < -0.39 is 0 Å². The molecule has 114 valence electrons. The Balaban J connectivity index is 1.61. The van der Waals surface area contributed by atoms with E-state index in [0.29, 0.717) is 10.7 Å². The summed E-state index contributed by atoms with van der Waals surface area (Å²) in [4.78, 5) is 15.6. The molecule has 3 N–H and O–H groups in total. The Morgan fingerprint density at radius 1 is 1.09 bits per heavy atom. The van der Waals surface area contributed by atoms with Crippen LogP contribution >= 0.6 is 12.2 Å². The summed E-state index contributed by atoms with van der Waals surface area (Å²) in [5, 5.41) is 3.44. The number of hydrogen-bond acceptors (Lipinski definition) is 3. The van der Waals surface area contributed by atoms with Crippen molar-refractivity contribution in [3.63, 3.8) is 0 Å². The molecule has 0 aliphatic rings. The van der Waals surface area contributed by atoms with E-state index in [2.05, 4.69) is 33.3 Å². The summed E-state index contributed by atoms with van der Waals surface area (Å²) in [7, 11) is 0. The molecular formula is C16H18N4OS. The number of aromatic nitrogens is 1. The van der Waals surface area contributed by atoms with Gasteiger partial charge in [-0.15, -0.1) is 0 Å². The number of carbonyl (C=O) groups is 1. The second kappa shape index (κ2) is 8.74. The molecule has 22 heavy (non-hydrogen) atoms. The molecule has 0 spiro atoms. The maximum atomic E-state index is 11.8. The Morgan fingerprint density at radius 3 is 2.64 bits per heavy atom. The van der Waals surface area contributed by atoms with Crippen molar-refractivity contribution >= 4 is 23.2 Å². The fraction of sp³-hybridized carbons (Fsp3) is 0.188. The fourth-order valence-corrected chi connectivity index (χ4v) is 2.02. The zero-order valence-electron chi connectivity index (χ0n) is 12.1. The van der Waals surface area contributed by atoms with Crippen LogP contribution < -0.4 is 16.2 Å². The molecule has 0 unspecified atom stereocenters. The van der Waals surface area contributed by atoms with Gasteiger partial charge in [0.15, 0.2) is 5.11 Å². The van der Waals surface area contributed by atoms with Crippen LogP contribution in [0.5, 0.6) is 0 Å². The van der Waals surface area contributed by atoms with Gasteiger partial charge in [0, 0.05) is 18.9 Å². The van der Waals surface area contributed by atoms with E-state index in [1.807, 2.05) is 18.2 Å². The lowest BCUT2D eigenvalue weighted by molar-refractivity contribution is 0.0943. The van der Waals surface area contributed by atoms with Crippen molar-refractivity contribution in [3.05, 3.63) is 66.0 Å². The molecule has 2 aromatic rings. The second-order valence-corrected chi connectivity index (χ2v) is 5.07. The Kier molecular flexibility index (Phi) is 6.32. The first-order chi connectivity index (χ1) is 10.8. The van der Waals surface area contributed by atoms with Gasteiger partial charge >= 0.3 is 0 Å². The summed E-state index contributed by atoms with van der Waals surface area (Å²) in [5.74, 6) is -0.276. The molecule has 0 atom stereocenters. The molecule has 0 radical (unpaired) electrons. The number of aryl methyl sites for hydroxylation is 1. The zero-order valence-corrected chi connectivity index (χ0v) is 12.9. The molecule has 1 aromatic heterocycles. The average Bonchev–Trinajstić information content (AvgIpc) is 2.58. The number of benzene rings is 1. The highest BCUT2D eigenvalue weighted by Crippen LogP contribution is 2.01. The van der Waals surface area contributed by atoms with Crippen molar-refractivity contribution in [3.8, 4) is 0 Å². The molecule has 1 heterocycles. The quantitative estimate of drug-likeness (QED) is 0.446. The van der Waals surface area contributed by atoms with Crippen molar-refractivity contribution in [2.24, 2.45) is 0 Å². The Labute approximate surface area is 135 Å². The van der Waals surface area contributed by atoms with E-state index in [4.69, 9.17) is 12.2 Å². The molecule has 6 heteroatoms. The maximum Gasteiger partial charge on any atom is 0.271 e. The number of hydrogen-bond donors (Lipinski definition) is 3. The maximum absolute atomic E-state index is 11.8. The number of nitrogens with zero attached hydrogens (tertiary/aromatic N) is 1. The minimum absolute atomic E-state index is 0.276. The second-order valence-electron chi connectivity index (χ2n) is 4.67. The predicted octanol–water partition coefficient (Wildman–Crippen LogP) is 1.82. The monoisotopic (exact) mass is 314 g/mol. The molecule has 1 amide bonds. The highest BCUT2D eigenvalue weighted by Gasteiger charge is 2.04. The van der Waals surface area contributed by atoms with Gasteiger partial charge < -0.3 is 5.32 Å². The first-order valence-electron chi connectivity index (χ1n) is 7.04. The van der Waals surface area contributed by atoms with Gasteiger partial charge in [0.05, 0.1) is 5.56 Å². The lowest BCUT2D eigenvalue weighted by atomic mass is 10.1. The van der Waals surface area contributed by atoms with E-state index in [1.165, 1.54) is 11.8 Å². The third-order valence-corrected chi connectivity index (χ3v) is 3.23. The van der Waals surface area contributed by atoms with Crippen molar-refractivity contribution in [1.29, 1.82) is 0 Å². The molecule has 0 saturated heterocycles. The van der Waals surface area contributed by atoms with E-state index >= 15 is 0 Å². The molecular weight excluding hydrogens is 296 g/mol. The molecule has 0 bridgehead atoms. The predicted molar refractivity (Wildman–Crippen MR) is 90.2 cm³/mol.